The smallest absolute Gasteiger partial charge is 0.232 e. The molecule has 0 radical (unpaired) electrons. The van der Waals surface area contributed by atoms with E-state index >= 15 is 0 Å². The summed E-state index contributed by atoms with van der Waals surface area (Å²) >= 11 is 0. The van der Waals surface area contributed by atoms with E-state index in [2.05, 4.69) is 48.7 Å². The van der Waals surface area contributed by atoms with Crippen molar-refractivity contribution in [2.24, 2.45) is 0 Å². The zero-order valence-corrected chi connectivity index (χ0v) is 16.5. The standard InChI is InChI=1S/C22H21FN6O/c1-15(30)26-20-13-18(7-8-19(20)23)27-21-24-14-25-22(28-21)29-11-9-17(10-12-29)16-5-3-2-4-6-16/h2-9,13-14H,10-12H2,1H3,(H,26,30)(H,24,25,27,28). The number of carbonyl (C=O) groups is 1. The average molecular weight is 404 g/mol. The molecule has 1 aromatic heterocycles. The fourth-order valence-corrected chi connectivity index (χ4v) is 3.28. The number of amides is 1. The molecule has 0 saturated heterocycles. The molecule has 4 rings (SSSR count). The molecule has 2 heterocycles. The van der Waals surface area contributed by atoms with Crippen LogP contribution < -0.4 is 15.5 Å². The SMILES string of the molecule is CC(=O)Nc1cc(Nc2ncnc(N3CC=C(c4ccccc4)CC3)n2)ccc1F. The topological polar surface area (TPSA) is 83.0 Å². The molecule has 0 spiro atoms. The molecule has 1 amide bonds. The van der Waals surface area contributed by atoms with Crippen molar-refractivity contribution in [1.82, 2.24) is 15.0 Å². The van der Waals surface area contributed by atoms with Crippen LogP contribution in [0.4, 0.5) is 27.7 Å². The Kier molecular flexibility index (Phi) is 5.65. The van der Waals surface area contributed by atoms with Crippen LogP contribution in [0.25, 0.3) is 5.57 Å². The van der Waals surface area contributed by atoms with Crippen LogP contribution in [-0.4, -0.2) is 33.9 Å². The van der Waals surface area contributed by atoms with Gasteiger partial charge < -0.3 is 15.5 Å². The maximum Gasteiger partial charge on any atom is 0.232 e. The van der Waals surface area contributed by atoms with Crippen molar-refractivity contribution in [3.05, 3.63) is 72.3 Å². The monoisotopic (exact) mass is 404 g/mol. The molecular formula is C22H21FN6O. The van der Waals surface area contributed by atoms with Gasteiger partial charge in [0.15, 0.2) is 0 Å². The van der Waals surface area contributed by atoms with Gasteiger partial charge in [-0.05, 0) is 35.8 Å². The van der Waals surface area contributed by atoms with Crippen molar-refractivity contribution in [2.45, 2.75) is 13.3 Å². The minimum atomic E-state index is -0.513. The Morgan fingerprint density at radius 1 is 1.13 bits per heavy atom. The third-order valence-electron chi connectivity index (χ3n) is 4.73. The summed E-state index contributed by atoms with van der Waals surface area (Å²) < 4.78 is 13.8. The number of nitrogens with zero attached hydrogens (tertiary/aromatic N) is 4. The molecule has 0 fully saturated rings. The van der Waals surface area contributed by atoms with Crippen LogP contribution in [0.5, 0.6) is 0 Å². The highest BCUT2D eigenvalue weighted by Crippen LogP contribution is 2.25. The van der Waals surface area contributed by atoms with Crippen molar-refractivity contribution in [3.63, 3.8) is 0 Å². The Bertz CT molecular complexity index is 1090. The number of nitrogens with one attached hydrogen (secondary N) is 2. The Morgan fingerprint density at radius 2 is 1.97 bits per heavy atom. The van der Waals surface area contributed by atoms with Crippen LogP contribution in [0.2, 0.25) is 0 Å². The lowest BCUT2D eigenvalue weighted by Crippen LogP contribution is -2.30. The number of benzene rings is 2. The lowest BCUT2D eigenvalue weighted by molar-refractivity contribution is -0.114. The highest BCUT2D eigenvalue weighted by molar-refractivity contribution is 5.89. The van der Waals surface area contributed by atoms with Gasteiger partial charge in [0.25, 0.3) is 0 Å². The summed E-state index contributed by atoms with van der Waals surface area (Å²) in [5.74, 6) is 0.0567. The van der Waals surface area contributed by atoms with Crippen molar-refractivity contribution in [3.8, 4) is 0 Å². The van der Waals surface area contributed by atoms with Gasteiger partial charge in [-0.15, -0.1) is 0 Å². The van der Waals surface area contributed by atoms with Crippen molar-refractivity contribution in [1.29, 1.82) is 0 Å². The van der Waals surface area contributed by atoms with Crippen LogP contribution in [0.15, 0.2) is 60.9 Å². The van der Waals surface area contributed by atoms with Crippen LogP contribution >= 0.6 is 0 Å². The first-order valence-electron chi connectivity index (χ1n) is 9.61. The third-order valence-corrected chi connectivity index (χ3v) is 4.73. The summed E-state index contributed by atoms with van der Waals surface area (Å²) in [5.41, 5.74) is 3.20. The lowest BCUT2D eigenvalue weighted by Gasteiger charge is -2.26. The predicted octanol–water partition coefficient (Wildman–Crippen LogP) is 4.01. The van der Waals surface area contributed by atoms with E-state index in [0.29, 0.717) is 24.1 Å². The van der Waals surface area contributed by atoms with E-state index in [9.17, 15) is 9.18 Å². The molecule has 30 heavy (non-hydrogen) atoms. The molecule has 3 aromatic rings. The molecular weight excluding hydrogens is 383 g/mol. The maximum absolute atomic E-state index is 13.8. The highest BCUT2D eigenvalue weighted by atomic mass is 19.1. The van der Waals surface area contributed by atoms with Gasteiger partial charge in [0.2, 0.25) is 17.8 Å². The van der Waals surface area contributed by atoms with Crippen molar-refractivity contribution >= 4 is 34.8 Å². The van der Waals surface area contributed by atoms with Gasteiger partial charge >= 0.3 is 0 Å². The molecule has 0 unspecified atom stereocenters. The van der Waals surface area contributed by atoms with E-state index in [1.165, 1.54) is 36.5 Å². The van der Waals surface area contributed by atoms with Gasteiger partial charge in [0, 0.05) is 25.7 Å². The Morgan fingerprint density at radius 3 is 2.70 bits per heavy atom. The van der Waals surface area contributed by atoms with E-state index in [1.54, 1.807) is 6.07 Å². The Hall–Kier alpha value is -3.81. The maximum atomic E-state index is 13.8. The summed E-state index contributed by atoms with van der Waals surface area (Å²) in [4.78, 5) is 26.2. The van der Waals surface area contributed by atoms with E-state index in [-0.39, 0.29) is 11.6 Å². The second kappa shape index (κ2) is 8.69. The largest absolute Gasteiger partial charge is 0.337 e. The molecule has 1 aliphatic rings. The van der Waals surface area contributed by atoms with Crippen LogP contribution in [-0.2, 0) is 4.79 Å². The van der Waals surface area contributed by atoms with Gasteiger partial charge in [-0.25, -0.2) is 14.4 Å². The normalized spacial score (nSPS) is 13.5. The number of rotatable bonds is 5. The average Bonchev–Trinajstić information content (AvgIpc) is 2.77. The molecule has 0 atom stereocenters. The molecule has 2 aromatic carbocycles. The minimum Gasteiger partial charge on any atom is -0.337 e. The molecule has 8 heteroatoms. The van der Waals surface area contributed by atoms with Gasteiger partial charge in [0.1, 0.15) is 12.1 Å². The van der Waals surface area contributed by atoms with Gasteiger partial charge in [-0.3, -0.25) is 4.79 Å². The molecule has 152 valence electrons. The lowest BCUT2D eigenvalue weighted by atomic mass is 10.00. The van der Waals surface area contributed by atoms with Crippen LogP contribution in [0.1, 0.15) is 18.9 Å². The van der Waals surface area contributed by atoms with Gasteiger partial charge in [-0.1, -0.05) is 36.4 Å². The highest BCUT2D eigenvalue weighted by Gasteiger charge is 2.16. The molecule has 0 saturated carbocycles. The fourth-order valence-electron chi connectivity index (χ4n) is 3.28. The van der Waals surface area contributed by atoms with Crippen LogP contribution in [0.3, 0.4) is 0 Å². The second-order valence-electron chi connectivity index (χ2n) is 6.90. The molecule has 7 nitrogen and oxygen atoms in total. The second-order valence-corrected chi connectivity index (χ2v) is 6.90. The van der Waals surface area contributed by atoms with E-state index < -0.39 is 5.82 Å². The van der Waals surface area contributed by atoms with E-state index in [1.807, 2.05) is 18.2 Å². The first-order valence-corrected chi connectivity index (χ1v) is 9.61. The number of aromatic nitrogens is 3. The molecule has 2 N–H and O–H groups in total. The number of carbonyl (C=O) groups excluding carboxylic acids is 1. The Labute approximate surface area is 173 Å². The van der Waals surface area contributed by atoms with E-state index in [0.717, 1.165) is 13.0 Å². The van der Waals surface area contributed by atoms with Gasteiger partial charge in [0.05, 0.1) is 5.69 Å². The summed E-state index contributed by atoms with van der Waals surface area (Å²) in [6.45, 7) is 2.83. The Balaban J connectivity index is 1.47. The van der Waals surface area contributed by atoms with E-state index in [4.69, 9.17) is 0 Å². The number of hydrogen-bond acceptors (Lipinski definition) is 6. The first-order chi connectivity index (χ1) is 14.6. The van der Waals surface area contributed by atoms with Crippen molar-refractivity contribution in [2.75, 3.05) is 28.6 Å². The number of hydrogen-bond donors (Lipinski definition) is 2. The minimum absolute atomic E-state index is 0.0939. The fraction of sp³-hybridized carbons (Fsp3) is 0.182. The first kappa shape index (κ1) is 19.5. The summed E-state index contributed by atoms with van der Waals surface area (Å²) in [7, 11) is 0. The summed E-state index contributed by atoms with van der Waals surface area (Å²) in [6, 6.07) is 14.7. The zero-order chi connectivity index (χ0) is 20.9. The predicted molar refractivity (Wildman–Crippen MR) is 115 cm³/mol. The number of halogens is 1. The third kappa shape index (κ3) is 4.60. The van der Waals surface area contributed by atoms with Crippen LogP contribution in [0, 0.1) is 5.82 Å². The molecule has 1 aliphatic heterocycles. The molecule has 0 aliphatic carbocycles. The quantitative estimate of drug-likeness (QED) is 0.669. The summed E-state index contributed by atoms with van der Waals surface area (Å²) in [5, 5.41) is 5.49. The zero-order valence-electron chi connectivity index (χ0n) is 16.5. The van der Waals surface area contributed by atoms with Crippen molar-refractivity contribution < 1.29 is 9.18 Å². The molecule has 0 bridgehead atoms. The van der Waals surface area contributed by atoms with Gasteiger partial charge in [-0.2, -0.15) is 4.98 Å². The summed E-state index contributed by atoms with van der Waals surface area (Å²) in [6.07, 6.45) is 4.53. The number of anilines is 4.